The maximum atomic E-state index is 12.6. The lowest BCUT2D eigenvalue weighted by atomic mass is 9.93. The molecule has 0 spiro atoms. The van der Waals surface area contributed by atoms with E-state index in [1.807, 2.05) is 13.0 Å². The zero-order chi connectivity index (χ0) is 22.7. The van der Waals surface area contributed by atoms with Crippen molar-refractivity contribution in [3.05, 3.63) is 64.3 Å². The molecule has 0 fully saturated rings. The number of phenolic OH excluding ortho intramolecular Hbond substituents is 4. The molecule has 1 atom stereocenters. The van der Waals surface area contributed by atoms with Gasteiger partial charge in [0.25, 0.3) is 0 Å². The monoisotopic (exact) mass is 424 g/mol. The summed E-state index contributed by atoms with van der Waals surface area (Å²) in [7, 11) is 0. The van der Waals surface area contributed by atoms with Crippen molar-refractivity contribution in [2.75, 3.05) is 0 Å². The van der Waals surface area contributed by atoms with E-state index in [0.717, 1.165) is 18.9 Å². The van der Waals surface area contributed by atoms with Crippen molar-refractivity contribution < 1.29 is 30.0 Å². The molecule has 6 nitrogen and oxygen atoms in total. The first-order valence-corrected chi connectivity index (χ1v) is 10.2. The van der Waals surface area contributed by atoms with Gasteiger partial charge in [0, 0.05) is 23.8 Å². The molecule has 0 saturated carbocycles. The lowest BCUT2D eigenvalue weighted by Gasteiger charge is -2.27. The number of ketones is 1. The average molecular weight is 424 g/mol. The van der Waals surface area contributed by atoms with Gasteiger partial charge < -0.3 is 25.2 Å². The molecule has 6 heteroatoms. The van der Waals surface area contributed by atoms with Gasteiger partial charge in [-0.2, -0.15) is 0 Å². The first kappa shape index (κ1) is 22.3. The molecular formula is C25H28O6. The van der Waals surface area contributed by atoms with Crippen molar-refractivity contribution in [1.82, 2.24) is 0 Å². The zero-order valence-electron chi connectivity index (χ0n) is 18.0. The van der Waals surface area contributed by atoms with E-state index in [2.05, 4.69) is 19.9 Å². The number of carbonyl (C=O) groups is 1. The van der Waals surface area contributed by atoms with E-state index < -0.39 is 6.10 Å². The summed E-state index contributed by atoms with van der Waals surface area (Å²) in [4.78, 5) is 12.6. The van der Waals surface area contributed by atoms with Gasteiger partial charge in [-0.1, -0.05) is 23.3 Å². The molecule has 0 saturated heterocycles. The number of benzene rings is 2. The largest absolute Gasteiger partial charge is 0.508 e. The number of hydrogen-bond donors (Lipinski definition) is 4. The second-order valence-corrected chi connectivity index (χ2v) is 8.19. The highest BCUT2D eigenvalue weighted by atomic mass is 16.5. The minimum absolute atomic E-state index is 0.0162. The Hall–Kier alpha value is -3.41. The number of fused-ring (bicyclic) bond motifs is 1. The second kappa shape index (κ2) is 9.16. The predicted molar refractivity (Wildman–Crippen MR) is 118 cm³/mol. The van der Waals surface area contributed by atoms with Crippen molar-refractivity contribution in [3.63, 3.8) is 0 Å². The zero-order valence-corrected chi connectivity index (χ0v) is 18.0. The summed E-state index contributed by atoms with van der Waals surface area (Å²) in [6.07, 6.45) is 5.67. The quantitative estimate of drug-likeness (QED) is 0.459. The summed E-state index contributed by atoms with van der Waals surface area (Å²) in [6, 6.07) is 5.23. The number of phenols is 4. The van der Waals surface area contributed by atoms with E-state index in [9.17, 15) is 25.2 Å². The number of rotatable bonds is 6. The van der Waals surface area contributed by atoms with Crippen LogP contribution in [0.1, 0.15) is 67.6 Å². The Balaban J connectivity index is 1.84. The number of carbonyl (C=O) groups excluding carboxylic acids is 1. The first-order valence-electron chi connectivity index (χ1n) is 10.2. The Bertz CT molecular complexity index is 1060. The Labute approximate surface area is 181 Å². The van der Waals surface area contributed by atoms with Crippen LogP contribution in [0.15, 0.2) is 47.6 Å². The fourth-order valence-corrected chi connectivity index (χ4v) is 3.64. The van der Waals surface area contributed by atoms with Gasteiger partial charge in [0.15, 0.2) is 5.78 Å². The molecule has 0 aliphatic carbocycles. The molecule has 164 valence electrons. The van der Waals surface area contributed by atoms with Gasteiger partial charge in [-0.3, -0.25) is 4.79 Å². The molecule has 3 rings (SSSR count). The number of aromatic hydroxyl groups is 4. The van der Waals surface area contributed by atoms with Gasteiger partial charge >= 0.3 is 0 Å². The van der Waals surface area contributed by atoms with Crippen LogP contribution >= 0.6 is 0 Å². The van der Waals surface area contributed by atoms with Gasteiger partial charge in [0.1, 0.15) is 40.4 Å². The minimum atomic E-state index is -0.803. The van der Waals surface area contributed by atoms with Crippen LogP contribution in [-0.4, -0.2) is 26.2 Å². The number of Topliss-reactive ketones (excluding diaryl/α,β-unsaturated/α-hetero) is 1. The molecule has 1 aliphatic heterocycles. The van der Waals surface area contributed by atoms with Crippen molar-refractivity contribution in [1.29, 1.82) is 0 Å². The summed E-state index contributed by atoms with van der Waals surface area (Å²) in [5.74, 6) is -1.09. The molecule has 0 amide bonds. The number of ether oxygens (including phenoxy) is 1. The Morgan fingerprint density at radius 1 is 1.00 bits per heavy atom. The molecular weight excluding hydrogens is 396 g/mol. The SMILES string of the molecule is CC(C)=CCC/C(C)=C/Cc1cc([C@H]2CC(=O)c3c(O)cc(O)cc3O2)c(O)cc1O. The maximum Gasteiger partial charge on any atom is 0.174 e. The van der Waals surface area contributed by atoms with E-state index in [1.54, 1.807) is 6.07 Å². The van der Waals surface area contributed by atoms with E-state index in [0.29, 0.717) is 17.5 Å². The number of allylic oxidation sites excluding steroid dienone is 4. The van der Waals surface area contributed by atoms with Crippen molar-refractivity contribution in [2.45, 2.75) is 52.6 Å². The Morgan fingerprint density at radius 2 is 1.74 bits per heavy atom. The predicted octanol–water partition coefficient (Wildman–Crippen LogP) is 5.45. The molecule has 1 heterocycles. The lowest BCUT2D eigenvalue weighted by molar-refractivity contribution is 0.0842. The van der Waals surface area contributed by atoms with Crippen LogP contribution in [0.2, 0.25) is 0 Å². The summed E-state index contributed by atoms with van der Waals surface area (Å²) in [5, 5.41) is 40.3. The third kappa shape index (κ3) is 5.20. The Morgan fingerprint density at radius 3 is 2.45 bits per heavy atom. The van der Waals surface area contributed by atoms with Gasteiger partial charge in [0.2, 0.25) is 0 Å². The molecule has 2 aromatic rings. The van der Waals surface area contributed by atoms with Gasteiger partial charge in [0.05, 0.1) is 6.42 Å². The topological polar surface area (TPSA) is 107 Å². The van der Waals surface area contributed by atoms with E-state index in [-0.39, 0.29) is 46.5 Å². The van der Waals surface area contributed by atoms with Crippen LogP contribution in [0.4, 0.5) is 0 Å². The van der Waals surface area contributed by atoms with Crippen LogP contribution in [-0.2, 0) is 6.42 Å². The smallest absolute Gasteiger partial charge is 0.174 e. The highest BCUT2D eigenvalue weighted by molar-refractivity contribution is 6.02. The minimum Gasteiger partial charge on any atom is -0.508 e. The highest BCUT2D eigenvalue weighted by Crippen LogP contribution is 2.44. The van der Waals surface area contributed by atoms with Crippen molar-refractivity contribution in [3.8, 4) is 28.7 Å². The van der Waals surface area contributed by atoms with Crippen molar-refractivity contribution in [2.24, 2.45) is 0 Å². The molecule has 0 radical (unpaired) electrons. The fourth-order valence-electron chi connectivity index (χ4n) is 3.64. The van der Waals surface area contributed by atoms with E-state index in [4.69, 9.17) is 4.74 Å². The summed E-state index contributed by atoms with van der Waals surface area (Å²) in [5.41, 5.74) is 3.46. The molecule has 4 N–H and O–H groups in total. The van der Waals surface area contributed by atoms with Gasteiger partial charge in [-0.05, 0) is 51.7 Å². The lowest BCUT2D eigenvalue weighted by Crippen LogP contribution is -2.20. The molecule has 0 bridgehead atoms. The normalized spacial score (nSPS) is 15.9. The van der Waals surface area contributed by atoms with E-state index in [1.165, 1.54) is 23.3 Å². The average Bonchev–Trinajstić information content (AvgIpc) is 2.66. The summed E-state index contributed by atoms with van der Waals surface area (Å²) >= 11 is 0. The maximum absolute atomic E-state index is 12.6. The molecule has 0 unspecified atom stereocenters. The summed E-state index contributed by atoms with van der Waals surface area (Å²) in [6.45, 7) is 6.17. The molecule has 2 aromatic carbocycles. The Kier molecular flexibility index (Phi) is 6.59. The molecule has 31 heavy (non-hydrogen) atoms. The van der Waals surface area contributed by atoms with Crippen LogP contribution < -0.4 is 4.74 Å². The van der Waals surface area contributed by atoms with E-state index >= 15 is 0 Å². The molecule has 1 aliphatic rings. The van der Waals surface area contributed by atoms with Crippen LogP contribution in [0.5, 0.6) is 28.7 Å². The number of hydrogen-bond acceptors (Lipinski definition) is 6. The van der Waals surface area contributed by atoms with Gasteiger partial charge in [-0.25, -0.2) is 0 Å². The van der Waals surface area contributed by atoms with Crippen molar-refractivity contribution >= 4 is 5.78 Å². The van der Waals surface area contributed by atoms with Gasteiger partial charge in [-0.15, -0.1) is 0 Å². The third-order valence-corrected chi connectivity index (χ3v) is 5.32. The second-order valence-electron chi connectivity index (χ2n) is 8.19. The van der Waals surface area contributed by atoms with Crippen LogP contribution in [0.25, 0.3) is 0 Å². The molecule has 0 aromatic heterocycles. The highest BCUT2D eigenvalue weighted by Gasteiger charge is 2.32. The third-order valence-electron chi connectivity index (χ3n) is 5.32. The first-order chi connectivity index (χ1) is 14.7. The standard InChI is InChI=1S/C25H28O6/c1-14(2)5-4-6-15(3)7-8-16-9-18(20(28)12-19(16)27)23-13-22(30)25-21(29)10-17(26)11-24(25)31-23/h5,7,9-12,23,26-29H,4,6,8,13H2,1-3H3/b15-7+/t23-/m1/s1. The van der Waals surface area contributed by atoms with Crippen LogP contribution in [0, 0.1) is 0 Å². The van der Waals surface area contributed by atoms with Crippen LogP contribution in [0.3, 0.4) is 0 Å². The summed E-state index contributed by atoms with van der Waals surface area (Å²) < 4.78 is 5.82. The fraction of sp³-hybridized carbons (Fsp3) is 0.320.